The van der Waals surface area contributed by atoms with Crippen molar-refractivity contribution in [1.82, 2.24) is 5.32 Å². The highest BCUT2D eigenvalue weighted by Gasteiger charge is 2.16. The van der Waals surface area contributed by atoms with Crippen LogP contribution in [-0.2, 0) is 13.1 Å². The van der Waals surface area contributed by atoms with Gasteiger partial charge in [-0.1, -0.05) is 15.9 Å². The molecule has 1 aliphatic rings. The summed E-state index contributed by atoms with van der Waals surface area (Å²) in [5, 5.41) is 3.10. The highest BCUT2D eigenvalue weighted by molar-refractivity contribution is 9.10. The maximum atomic E-state index is 13.0. The molecule has 1 N–H and O–H groups in total. The lowest BCUT2D eigenvalue weighted by Gasteiger charge is -2.00. The van der Waals surface area contributed by atoms with Crippen LogP contribution in [0.1, 0.15) is 11.1 Å². The molecule has 58 valence electrons. The highest BCUT2D eigenvalue weighted by atomic mass is 79.9. The number of halogens is 2. The lowest BCUT2D eigenvalue weighted by molar-refractivity contribution is 0.608. The largest absolute Gasteiger partial charge is 0.308 e. The minimum atomic E-state index is -0.104. The van der Waals surface area contributed by atoms with E-state index in [1.165, 1.54) is 6.07 Å². The molecule has 0 bridgehead atoms. The second kappa shape index (κ2) is 2.57. The molecular formula is C8H7BrFN. The average molecular weight is 216 g/mol. The maximum absolute atomic E-state index is 13.0. The van der Waals surface area contributed by atoms with Gasteiger partial charge in [-0.3, -0.25) is 0 Å². The van der Waals surface area contributed by atoms with Crippen LogP contribution < -0.4 is 5.32 Å². The van der Waals surface area contributed by atoms with Gasteiger partial charge in [0.15, 0.2) is 0 Å². The summed E-state index contributed by atoms with van der Waals surface area (Å²) < 4.78 is 14.0. The van der Waals surface area contributed by atoms with Crippen molar-refractivity contribution >= 4 is 15.9 Å². The molecule has 0 amide bonds. The number of rotatable bonds is 0. The Morgan fingerprint density at radius 2 is 2.00 bits per heavy atom. The molecule has 1 aromatic carbocycles. The summed E-state index contributed by atoms with van der Waals surface area (Å²) in [6.45, 7) is 1.42. The Hall–Kier alpha value is -0.410. The van der Waals surface area contributed by atoms with Gasteiger partial charge in [-0.2, -0.15) is 0 Å². The average Bonchev–Trinajstić information content (AvgIpc) is 2.45. The molecule has 1 aromatic rings. The summed E-state index contributed by atoms with van der Waals surface area (Å²) in [6.07, 6.45) is 0. The van der Waals surface area contributed by atoms with Gasteiger partial charge in [0.05, 0.1) is 0 Å². The van der Waals surface area contributed by atoms with Crippen LogP contribution in [0.25, 0.3) is 0 Å². The van der Waals surface area contributed by atoms with Gasteiger partial charge >= 0.3 is 0 Å². The van der Waals surface area contributed by atoms with Crippen molar-refractivity contribution in [2.45, 2.75) is 13.1 Å². The van der Waals surface area contributed by atoms with Gasteiger partial charge in [-0.15, -0.1) is 0 Å². The first-order valence-electron chi connectivity index (χ1n) is 3.45. The van der Waals surface area contributed by atoms with E-state index < -0.39 is 0 Å². The van der Waals surface area contributed by atoms with Crippen LogP contribution in [0.15, 0.2) is 16.6 Å². The molecule has 11 heavy (non-hydrogen) atoms. The van der Waals surface area contributed by atoms with Crippen LogP contribution in [0.3, 0.4) is 0 Å². The van der Waals surface area contributed by atoms with E-state index in [9.17, 15) is 4.39 Å². The van der Waals surface area contributed by atoms with Gasteiger partial charge in [-0.25, -0.2) is 4.39 Å². The molecule has 0 fully saturated rings. The van der Waals surface area contributed by atoms with Gasteiger partial charge in [0.2, 0.25) is 0 Å². The Balaban J connectivity index is 2.64. The number of fused-ring (bicyclic) bond motifs is 1. The summed E-state index contributed by atoms with van der Waals surface area (Å²) in [4.78, 5) is 0. The second-order valence-corrected chi connectivity index (χ2v) is 3.44. The molecule has 0 aromatic heterocycles. The van der Waals surface area contributed by atoms with E-state index in [-0.39, 0.29) is 5.82 Å². The van der Waals surface area contributed by atoms with E-state index in [0.29, 0.717) is 6.54 Å². The van der Waals surface area contributed by atoms with Gasteiger partial charge in [-0.05, 0) is 17.7 Å². The zero-order valence-corrected chi connectivity index (χ0v) is 7.41. The van der Waals surface area contributed by atoms with Gasteiger partial charge in [0, 0.05) is 23.1 Å². The molecule has 0 saturated carbocycles. The summed E-state index contributed by atoms with van der Waals surface area (Å²) in [5.74, 6) is -0.104. The standard InChI is InChI=1S/C8H7BrFN/c9-7-1-2-8(10)6-4-11-3-5(6)7/h1-2,11H,3-4H2. The van der Waals surface area contributed by atoms with E-state index in [0.717, 1.165) is 22.1 Å². The predicted molar refractivity (Wildman–Crippen MR) is 44.6 cm³/mol. The molecule has 2 rings (SSSR count). The van der Waals surface area contributed by atoms with E-state index in [2.05, 4.69) is 21.2 Å². The van der Waals surface area contributed by atoms with Crippen molar-refractivity contribution in [3.8, 4) is 0 Å². The Bertz CT molecular complexity index is 269. The van der Waals surface area contributed by atoms with Crippen molar-refractivity contribution in [2.75, 3.05) is 0 Å². The molecule has 3 heteroatoms. The molecule has 0 unspecified atom stereocenters. The minimum absolute atomic E-state index is 0.104. The first-order valence-corrected chi connectivity index (χ1v) is 4.25. The summed E-state index contributed by atoms with van der Waals surface area (Å²) in [5.41, 5.74) is 1.87. The van der Waals surface area contributed by atoms with Crippen LogP contribution in [0.2, 0.25) is 0 Å². The van der Waals surface area contributed by atoms with E-state index in [1.807, 2.05) is 0 Å². The molecule has 0 atom stereocenters. The minimum Gasteiger partial charge on any atom is -0.308 e. The molecule has 0 spiro atoms. The quantitative estimate of drug-likeness (QED) is 0.700. The van der Waals surface area contributed by atoms with E-state index in [4.69, 9.17) is 0 Å². The van der Waals surface area contributed by atoms with Crippen LogP contribution in [0.5, 0.6) is 0 Å². The van der Waals surface area contributed by atoms with E-state index >= 15 is 0 Å². The van der Waals surface area contributed by atoms with Gasteiger partial charge in [0.1, 0.15) is 5.82 Å². The van der Waals surface area contributed by atoms with Gasteiger partial charge < -0.3 is 5.32 Å². The third-order valence-corrected chi connectivity index (χ3v) is 2.66. The SMILES string of the molecule is Fc1ccc(Br)c2c1CNC2. The first-order chi connectivity index (χ1) is 5.29. The number of benzene rings is 1. The number of nitrogens with one attached hydrogen (secondary N) is 1. The smallest absolute Gasteiger partial charge is 0.128 e. The van der Waals surface area contributed by atoms with Crippen LogP contribution in [-0.4, -0.2) is 0 Å². The zero-order chi connectivity index (χ0) is 7.84. The fraction of sp³-hybridized carbons (Fsp3) is 0.250. The first kappa shape index (κ1) is 7.25. The Labute approximate surface area is 72.7 Å². The van der Waals surface area contributed by atoms with Crippen molar-refractivity contribution in [3.63, 3.8) is 0 Å². The van der Waals surface area contributed by atoms with Crippen molar-refractivity contribution in [1.29, 1.82) is 0 Å². The maximum Gasteiger partial charge on any atom is 0.128 e. The third kappa shape index (κ3) is 1.08. The Morgan fingerprint density at radius 1 is 1.27 bits per heavy atom. The normalized spacial score (nSPS) is 15.1. The van der Waals surface area contributed by atoms with Crippen LogP contribution in [0.4, 0.5) is 4.39 Å². The van der Waals surface area contributed by atoms with Crippen LogP contribution >= 0.6 is 15.9 Å². The van der Waals surface area contributed by atoms with Gasteiger partial charge in [0.25, 0.3) is 0 Å². The van der Waals surface area contributed by atoms with Crippen molar-refractivity contribution in [3.05, 3.63) is 33.5 Å². The lowest BCUT2D eigenvalue weighted by Crippen LogP contribution is -2.00. The number of hydrogen-bond acceptors (Lipinski definition) is 1. The van der Waals surface area contributed by atoms with Crippen molar-refractivity contribution in [2.24, 2.45) is 0 Å². The summed E-state index contributed by atoms with van der Waals surface area (Å²) >= 11 is 3.37. The van der Waals surface area contributed by atoms with Crippen molar-refractivity contribution < 1.29 is 4.39 Å². The number of hydrogen-bond donors (Lipinski definition) is 1. The predicted octanol–water partition coefficient (Wildman–Crippen LogP) is 2.19. The van der Waals surface area contributed by atoms with Crippen LogP contribution in [0, 0.1) is 5.82 Å². The zero-order valence-electron chi connectivity index (χ0n) is 5.82. The molecule has 0 radical (unpaired) electrons. The third-order valence-electron chi connectivity index (χ3n) is 1.92. The molecule has 1 nitrogen and oxygen atoms in total. The summed E-state index contributed by atoms with van der Waals surface area (Å²) in [7, 11) is 0. The highest BCUT2D eigenvalue weighted by Crippen LogP contribution is 2.26. The fourth-order valence-corrected chi connectivity index (χ4v) is 1.84. The molecule has 1 heterocycles. The van der Waals surface area contributed by atoms with E-state index in [1.54, 1.807) is 6.07 Å². The molecule has 0 saturated heterocycles. The fourth-order valence-electron chi connectivity index (χ4n) is 1.33. The molecule has 1 aliphatic heterocycles. The Morgan fingerprint density at radius 3 is 2.73 bits per heavy atom. The molecular weight excluding hydrogens is 209 g/mol. The second-order valence-electron chi connectivity index (χ2n) is 2.59. The topological polar surface area (TPSA) is 12.0 Å². The summed E-state index contributed by atoms with van der Waals surface area (Å²) in [6, 6.07) is 3.25. The monoisotopic (exact) mass is 215 g/mol. The lowest BCUT2D eigenvalue weighted by atomic mass is 10.1. The Kier molecular flexibility index (Phi) is 1.69. The molecule has 0 aliphatic carbocycles.